The Hall–Kier alpha value is -1.93. The van der Waals surface area contributed by atoms with Crippen molar-refractivity contribution >= 4 is 39.1 Å². The molecule has 0 bridgehead atoms. The van der Waals surface area contributed by atoms with Gasteiger partial charge in [-0.15, -0.1) is 11.3 Å². The minimum absolute atomic E-state index is 0.188. The van der Waals surface area contributed by atoms with Crippen molar-refractivity contribution in [1.82, 2.24) is 10.3 Å². The van der Waals surface area contributed by atoms with E-state index in [9.17, 15) is 9.59 Å². The fourth-order valence-corrected chi connectivity index (χ4v) is 3.40. The van der Waals surface area contributed by atoms with Crippen LogP contribution in [0.25, 0.3) is 0 Å². The number of carboxylic acids is 1. The third kappa shape index (κ3) is 3.89. The van der Waals surface area contributed by atoms with Gasteiger partial charge in [0.15, 0.2) is 0 Å². The normalized spacial score (nSPS) is 11.8. The van der Waals surface area contributed by atoms with Gasteiger partial charge in [-0.25, -0.2) is 9.78 Å². The summed E-state index contributed by atoms with van der Waals surface area (Å²) in [4.78, 5) is 27.8. The summed E-state index contributed by atoms with van der Waals surface area (Å²) in [5.74, 6) is -0.648. The van der Waals surface area contributed by atoms with Gasteiger partial charge in [0.1, 0.15) is 15.6 Å². The lowest BCUT2D eigenvalue weighted by Gasteiger charge is -2.12. The molecule has 1 heterocycles. The first kappa shape index (κ1) is 17.4. The van der Waals surface area contributed by atoms with E-state index >= 15 is 0 Å². The number of benzene rings is 1. The summed E-state index contributed by atoms with van der Waals surface area (Å²) < 4.78 is 5.81. The van der Waals surface area contributed by atoms with Crippen molar-refractivity contribution < 1.29 is 19.4 Å². The number of rotatable bonds is 5. The molecule has 0 aliphatic carbocycles. The quantitative estimate of drug-likeness (QED) is 0.805. The number of nitrogens with zero attached hydrogens (tertiary/aromatic N) is 1. The highest BCUT2D eigenvalue weighted by Crippen LogP contribution is 2.27. The molecule has 122 valence electrons. The van der Waals surface area contributed by atoms with Gasteiger partial charge in [0.25, 0.3) is 5.91 Å². The van der Waals surface area contributed by atoms with Gasteiger partial charge in [-0.05, 0) is 48.0 Å². The Labute approximate surface area is 145 Å². The first-order valence-electron chi connectivity index (χ1n) is 6.68. The molecule has 0 saturated carbocycles. The van der Waals surface area contributed by atoms with Crippen LogP contribution in [0.3, 0.4) is 0 Å². The predicted octanol–water partition coefficient (Wildman–Crippen LogP) is 3.41. The lowest BCUT2D eigenvalue weighted by molar-refractivity contribution is 0.0701. The van der Waals surface area contributed by atoms with Crippen LogP contribution in [-0.2, 0) is 0 Å². The number of methoxy groups -OCH3 is 1. The van der Waals surface area contributed by atoms with Crippen molar-refractivity contribution in [3.05, 3.63) is 43.8 Å². The van der Waals surface area contributed by atoms with E-state index in [2.05, 4.69) is 26.2 Å². The largest absolute Gasteiger partial charge is 0.496 e. The zero-order valence-electron chi connectivity index (χ0n) is 12.7. The van der Waals surface area contributed by atoms with E-state index < -0.39 is 5.97 Å². The molecule has 6 nitrogen and oxygen atoms in total. The number of halogens is 1. The third-order valence-corrected chi connectivity index (χ3v) is 5.09. The number of aromatic nitrogens is 1. The second kappa shape index (κ2) is 7.10. The van der Waals surface area contributed by atoms with Crippen molar-refractivity contribution in [2.45, 2.75) is 19.9 Å². The van der Waals surface area contributed by atoms with Gasteiger partial charge in [0.2, 0.25) is 0 Å². The molecule has 1 atom stereocenters. The number of hydrogen-bond donors (Lipinski definition) is 2. The summed E-state index contributed by atoms with van der Waals surface area (Å²) in [6, 6.07) is 4.62. The number of carboxylic acid groups (broad SMARTS) is 1. The number of hydrogen-bond acceptors (Lipinski definition) is 5. The zero-order valence-corrected chi connectivity index (χ0v) is 15.1. The number of amides is 1. The Kier molecular flexibility index (Phi) is 5.38. The number of ether oxygens (including phenoxy) is 1. The van der Waals surface area contributed by atoms with E-state index in [1.54, 1.807) is 39.2 Å². The van der Waals surface area contributed by atoms with Crippen LogP contribution in [0.5, 0.6) is 5.75 Å². The van der Waals surface area contributed by atoms with Crippen LogP contribution in [0, 0.1) is 6.92 Å². The number of aryl methyl sites for hydroxylation is 1. The van der Waals surface area contributed by atoms with Crippen molar-refractivity contribution in [3.63, 3.8) is 0 Å². The second-order valence-electron chi connectivity index (χ2n) is 4.82. The first-order chi connectivity index (χ1) is 10.8. The maximum atomic E-state index is 12.3. The molecule has 8 heteroatoms. The molecule has 0 spiro atoms. The maximum Gasteiger partial charge on any atom is 0.347 e. The SMILES string of the molecule is COc1ccc(C(=O)NC(C)c2nc(C)c(C(=O)O)s2)cc1Br. The van der Waals surface area contributed by atoms with E-state index in [0.717, 1.165) is 11.3 Å². The zero-order chi connectivity index (χ0) is 17.1. The van der Waals surface area contributed by atoms with Crippen molar-refractivity contribution in [3.8, 4) is 5.75 Å². The predicted molar refractivity (Wildman–Crippen MR) is 90.4 cm³/mol. The standard InChI is InChI=1S/C15H15BrN2O4S/c1-7-12(15(20)21)23-14(18-7)8(2)17-13(19)9-4-5-11(22-3)10(16)6-9/h4-6,8H,1-3H3,(H,17,19)(H,20,21). The fraction of sp³-hybridized carbons (Fsp3) is 0.267. The lowest BCUT2D eigenvalue weighted by atomic mass is 10.2. The Bertz CT molecular complexity index is 760. The van der Waals surface area contributed by atoms with E-state index in [1.165, 1.54) is 0 Å². The van der Waals surface area contributed by atoms with Gasteiger partial charge in [0, 0.05) is 5.56 Å². The van der Waals surface area contributed by atoms with Crippen molar-refractivity contribution in [1.29, 1.82) is 0 Å². The Morgan fingerprint density at radius 2 is 2.13 bits per heavy atom. The molecule has 0 saturated heterocycles. The number of carbonyl (C=O) groups excluding carboxylic acids is 1. The molecule has 1 aromatic heterocycles. The molecule has 23 heavy (non-hydrogen) atoms. The number of nitrogens with one attached hydrogen (secondary N) is 1. The maximum absolute atomic E-state index is 12.3. The van der Waals surface area contributed by atoms with Crippen LogP contribution in [0.2, 0.25) is 0 Å². The van der Waals surface area contributed by atoms with Crippen LogP contribution in [0.1, 0.15) is 43.7 Å². The molecular weight excluding hydrogens is 384 g/mol. The second-order valence-corrected chi connectivity index (χ2v) is 6.70. The van der Waals surface area contributed by atoms with Gasteiger partial charge in [-0.3, -0.25) is 4.79 Å². The highest BCUT2D eigenvalue weighted by Gasteiger charge is 2.20. The molecule has 2 rings (SSSR count). The van der Waals surface area contributed by atoms with Crippen molar-refractivity contribution in [2.24, 2.45) is 0 Å². The summed E-state index contributed by atoms with van der Waals surface area (Å²) in [6.45, 7) is 3.40. The summed E-state index contributed by atoms with van der Waals surface area (Å²) >= 11 is 4.40. The molecule has 0 radical (unpaired) electrons. The molecular formula is C15H15BrN2O4S. The van der Waals surface area contributed by atoms with E-state index in [0.29, 0.717) is 26.5 Å². The smallest absolute Gasteiger partial charge is 0.347 e. The summed E-state index contributed by atoms with van der Waals surface area (Å²) in [6.07, 6.45) is 0. The highest BCUT2D eigenvalue weighted by atomic mass is 79.9. The van der Waals surface area contributed by atoms with E-state index in [-0.39, 0.29) is 16.8 Å². The Morgan fingerprint density at radius 1 is 1.43 bits per heavy atom. The van der Waals surface area contributed by atoms with Gasteiger partial charge in [-0.2, -0.15) is 0 Å². The molecule has 2 N–H and O–H groups in total. The monoisotopic (exact) mass is 398 g/mol. The van der Waals surface area contributed by atoms with Gasteiger partial charge < -0.3 is 15.2 Å². The molecule has 1 aromatic carbocycles. The van der Waals surface area contributed by atoms with Crippen LogP contribution in [0.15, 0.2) is 22.7 Å². The van der Waals surface area contributed by atoms with Crippen molar-refractivity contribution in [2.75, 3.05) is 7.11 Å². The van der Waals surface area contributed by atoms with Crippen LogP contribution < -0.4 is 10.1 Å². The number of aromatic carboxylic acids is 1. The number of carbonyl (C=O) groups is 2. The Balaban J connectivity index is 2.15. The first-order valence-corrected chi connectivity index (χ1v) is 8.29. The fourth-order valence-electron chi connectivity index (χ4n) is 1.95. The lowest BCUT2D eigenvalue weighted by Crippen LogP contribution is -2.26. The number of thiazole rings is 1. The summed E-state index contributed by atoms with van der Waals surface area (Å²) in [5, 5.41) is 12.4. The molecule has 1 unspecified atom stereocenters. The average Bonchev–Trinajstić information content (AvgIpc) is 2.89. The van der Waals surface area contributed by atoms with Gasteiger partial charge >= 0.3 is 5.97 Å². The third-order valence-electron chi connectivity index (χ3n) is 3.14. The van der Waals surface area contributed by atoms with Gasteiger partial charge in [-0.1, -0.05) is 0 Å². The van der Waals surface area contributed by atoms with Gasteiger partial charge in [0.05, 0.1) is 23.3 Å². The molecule has 1 amide bonds. The minimum atomic E-state index is -1.01. The van der Waals surface area contributed by atoms with Crippen LogP contribution in [-0.4, -0.2) is 29.1 Å². The highest BCUT2D eigenvalue weighted by molar-refractivity contribution is 9.10. The van der Waals surface area contributed by atoms with Crippen LogP contribution >= 0.6 is 27.3 Å². The van der Waals surface area contributed by atoms with E-state index in [4.69, 9.17) is 9.84 Å². The van der Waals surface area contributed by atoms with Crippen LogP contribution in [0.4, 0.5) is 0 Å². The summed E-state index contributed by atoms with van der Waals surface area (Å²) in [7, 11) is 1.55. The summed E-state index contributed by atoms with van der Waals surface area (Å²) in [5.41, 5.74) is 0.919. The molecule has 0 aliphatic heterocycles. The van der Waals surface area contributed by atoms with E-state index in [1.807, 2.05) is 0 Å². The molecule has 0 aliphatic rings. The topological polar surface area (TPSA) is 88.5 Å². The molecule has 0 fully saturated rings. The average molecular weight is 399 g/mol. The Morgan fingerprint density at radius 3 is 2.65 bits per heavy atom. The molecule has 2 aromatic rings. The minimum Gasteiger partial charge on any atom is -0.496 e.